The first-order valence-electron chi connectivity index (χ1n) is 10.7. The molecule has 0 unspecified atom stereocenters. The Morgan fingerprint density at radius 1 is 1.21 bits per heavy atom. The van der Waals surface area contributed by atoms with Crippen LogP contribution in [0.2, 0.25) is 18.1 Å². The minimum atomic E-state index is -3.41. The maximum absolute atomic E-state index is 13.6. The molecule has 1 rings (SSSR count). The normalized spacial score (nSPS) is 27.6. The Balaban J connectivity index is 3.40. The van der Waals surface area contributed by atoms with E-state index >= 15 is 0 Å². The van der Waals surface area contributed by atoms with E-state index in [2.05, 4.69) is 47.7 Å². The van der Waals surface area contributed by atoms with Gasteiger partial charge in [-0.25, -0.2) is 0 Å². The Morgan fingerprint density at radius 2 is 1.71 bits per heavy atom. The second kappa shape index (κ2) is 9.89. The average molecular weight is 435 g/mol. The lowest BCUT2D eigenvalue weighted by Gasteiger charge is -2.42. The van der Waals surface area contributed by atoms with Gasteiger partial charge in [-0.15, -0.1) is 0 Å². The van der Waals surface area contributed by atoms with Crippen molar-refractivity contribution in [3.8, 4) is 0 Å². The maximum atomic E-state index is 13.6. The SMILES string of the molecule is CCOP(=O)(OCC)C1=C[C@H](C(C)C)[C@H](O)[C@@H](C)[C@H](O[Si](C)(C)C(C)(C)C)C1. The largest absolute Gasteiger partial charge is 0.413 e. The molecule has 28 heavy (non-hydrogen) atoms. The molecule has 0 aromatic heterocycles. The summed E-state index contributed by atoms with van der Waals surface area (Å²) in [5, 5.41) is 11.8. The Labute approximate surface area is 173 Å². The van der Waals surface area contributed by atoms with E-state index in [-0.39, 0.29) is 28.9 Å². The third-order valence-electron chi connectivity index (χ3n) is 6.29. The smallest absolute Gasteiger partial charge is 0.357 e. The minimum absolute atomic E-state index is 0.0504. The highest BCUT2D eigenvalue weighted by atomic mass is 31.2. The van der Waals surface area contributed by atoms with Crippen LogP contribution in [0.4, 0.5) is 0 Å². The minimum Gasteiger partial charge on any atom is -0.413 e. The van der Waals surface area contributed by atoms with Crippen LogP contribution in [0, 0.1) is 17.8 Å². The predicted molar refractivity (Wildman–Crippen MR) is 119 cm³/mol. The molecular formula is C21H43O5PSi. The summed E-state index contributed by atoms with van der Waals surface area (Å²) in [5.74, 6) is 0.00926. The molecule has 0 aromatic carbocycles. The molecule has 0 amide bonds. The van der Waals surface area contributed by atoms with Crippen molar-refractivity contribution in [2.45, 2.75) is 92.2 Å². The van der Waals surface area contributed by atoms with Crippen molar-refractivity contribution in [1.29, 1.82) is 0 Å². The predicted octanol–water partition coefficient (Wildman–Crippen LogP) is 6.20. The van der Waals surface area contributed by atoms with Crippen molar-refractivity contribution in [2.24, 2.45) is 17.8 Å². The summed E-state index contributed by atoms with van der Waals surface area (Å²) in [6.07, 6.45) is 1.63. The molecule has 1 aliphatic carbocycles. The molecule has 0 aromatic rings. The van der Waals surface area contributed by atoms with E-state index in [0.717, 1.165) is 0 Å². The molecule has 166 valence electrons. The van der Waals surface area contributed by atoms with Crippen LogP contribution in [0.25, 0.3) is 0 Å². The van der Waals surface area contributed by atoms with Crippen LogP contribution in [-0.4, -0.2) is 38.8 Å². The van der Waals surface area contributed by atoms with E-state index in [0.29, 0.717) is 24.9 Å². The summed E-state index contributed by atoms with van der Waals surface area (Å²) < 4.78 is 31.6. The number of hydrogen-bond donors (Lipinski definition) is 1. The molecule has 1 aliphatic rings. The zero-order chi connectivity index (χ0) is 21.9. The maximum Gasteiger partial charge on any atom is 0.357 e. The van der Waals surface area contributed by atoms with Gasteiger partial charge in [0.2, 0.25) is 0 Å². The second-order valence-corrected chi connectivity index (χ2v) is 16.6. The third-order valence-corrected chi connectivity index (χ3v) is 13.0. The molecule has 5 nitrogen and oxygen atoms in total. The van der Waals surface area contributed by atoms with E-state index in [4.69, 9.17) is 13.5 Å². The zero-order valence-corrected chi connectivity index (χ0v) is 21.5. The molecule has 7 heteroatoms. The molecule has 0 saturated heterocycles. The van der Waals surface area contributed by atoms with Gasteiger partial charge in [0.25, 0.3) is 0 Å². The van der Waals surface area contributed by atoms with Crippen molar-refractivity contribution < 1.29 is 23.1 Å². The Hall–Kier alpha value is 0.0269. The van der Waals surface area contributed by atoms with Crippen LogP contribution in [0.3, 0.4) is 0 Å². The van der Waals surface area contributed by atoms with Gasteiger partial charge in [0.05, 0.1) is 25.4 Å². The lowest BCUT2D eigenvalue weighted by atomic mass is 9.83. The number of rotatable bonds is 8. The molecule has 4 atom stereocenters. The van der Waals surface area contributed by atoms with Crippen molar-refractivity contribution in [3.63, 3.8) is 0 Å². The van der Waals surface area contributed by atoms with Crippen molar-refractivity contribution in [1.82, 2.24) is 0 Å². The Kier molecular flexibility index (Phi) is 9.20. The van der Waals surface area contributed by atoms with Crippen molar-refractivity contribution in [2.75, 3.05) is 13.2 Å². The molecular weight excluding hydrogens is 391 g/mol. The summed E-state index contributed by atoms with van der Waals surface area (Å²) in [5.41, 5.74) is 0. The van der Waals surface area contributed by atoms with Gasteiger partial charge in [0.15, 0.2) is 8.32 Å². The second-order valence-electron chi connectivity index (χ2n) is 9.78. The summed E-state index contributed by atoms with van der Waals surface area (Å²) in [7, 11) is -5.48. The summed E-state index contributed by atoms with van der Waals surface area (Å²) >= 11 is 0. The molecule has 1 N–H and O–H groups in total. The first kappa shape index (κ1) is 26.1. The van der Waals surface area contributed by atoms with Crippen molar-refractivity contribution >= 4 is 15.9 Å². The lowest BCUT2D eigenvalue weighted by Crippen LogP contribution is -2.47. The highest BCUT2D eigenvalue weighted by molar-refractivity contribution is 7.58. The number of aliphatic hydroxyl groups is 1. The third kappa shape index (κ3) is 6.02. The Morgan fingerprint density at radius 3 is 2.11 bits per heavy atom. The van der Waals surface area contributed by atoms with Gasteiger partial charge in [-0.05, 0) is 37.9 Å². The zero-order valence-electron chi connectivity index (χ0n) is 19.6. The first-order chi connectivity index (χ1) is 12.7. The van der Waals surface area contributed by atoms with Gasteiger partial charge in [-0.3, -0.25) is 4.57 Å². The molecule has 0 saturated carbocycles. The monoisotopic (exact) mass is 434 g/mol. The van der Waals surface area contributed by atoms with Gasteiger partial charge >= 0.3 is 7.60 Å². The van der Waals surface area contributed by atoms with E-state index in [1.807, 2.05) is 26.8 Å². The lowest BCUT2D eigenvalue weighted by molar-refractivity contribution is 0.00169. The van der Waals surface area contributed by atoms with Gasteiger partial charge in [-0.2, -0.15) is 0 Å². The number of hydrogen-bond acceptors (Lipinski definition) is 5. The van der Waals surface area contributed by atoms with Crippen LogP contribution in [0.5, 0.6) is 0 Å². The van der Waals surface area contributed by atoms with Gasteiger partial charge in [0.1, 0.15) is 0 Å². The van der Waals surface area contributed by atoms with E-state index < -0.39 is 22.0 Å². The van der Waals surface area contributed by atoms with E-state index in [9.17, 15) is 9.67 Å². The van der Waals surface area contributed by atoms with Crippen LogP contribution < -0.4 is 0 Å². The number of aliphatic hydroxyl groups excluding tert-OH is 1. The van der Waals surface area contributed by atoms with Crippen LogP contribution in [0.1, 0.15) is 61.8 Å². The van der Waals surface area contributed by atoms with Crippen LogP contribution in [-0.2, 0) is 18.0 Å². The van der Waals surface area contributed by atoms with Gasteiger partial charge < -0.3 is 18.6 Å². The van der Waals surface area contributed by atoms with Gasteiger partial charge in [0, 0.05) is 23.6 Å². The molecule has 0 bridgehead atoms. The summed E-state index contributed by atoms with van der Waals surface area (Å²) in [4.78, 5) is 0. The standard InChI is InChI=1S/C21H43O5PSi/c1-11-24-27(23,25-12-2)17-13-18(15(3)4)20(22)16(5)19(14-17)26-28(9,10)21(6,7)8/h13,15-16,18-20,22H,11-12,14H2,1-10H3/t16-,18+,19+,20+/m0/s1. The fourth-order valence-electron chi connectivity index (χ4n) is 3.39. The van der Waals surface area contributed by atoms with Crippen molar-refractivity contribution in [3.05, 3.63) is 11.4 Å². The fourth-order valence-corrected chi connectivity index (χ4v) is 6.64. The summed E-state index contributed by atoms with van der Waals surface area (Å²) in [6, 6.07) is 0. The van der Waals surface area contributed by atoms with Crippen LogP contribution in [0.15, 0.2) is 11.4 Å². The van der Waals surface area contributed by atoms with Crippen LogP contribution >= 0.6 is 7.60 Å². The fraction of sp³-hybridized carbons (Fsp3) is 0.905. The molecule has 0 aliphatic heterocycles. The first-order valence-corrected chi connectivity index (χ1v) is 15.1. The summed E-state index contributed by atoms with van der Waals surface area (Å²) in [6.45, 7) is 21.5. The average Bonchev–Trinajstić information content (AvgIpc) is 2.66. The van der Waals surface area contributed by atoms with E-state index in [1.54, 1.807) is 0 Å². The molecule has 0 fully saturated rings. The molecule has 0 heterocycles. The Bertz CT molecular complexity index is 572. The highest BCUT2D eigenvalue weighted by Gasteiger charge is 2.45. The van der Waals surface area contributed by atoms with E-state index in [1.165, 1.54) is 0 Å². The molecule has 0 radical (unpaired) electrons. The van der Waals surface area contributed by atoms with Gasteiger partial charge in [-0.1, -0.05) is 47.6 Å². The highest BCUT2D eigenvalue weighted by Crippen LogP contribution is 2.60. The molecule has 0 spiro atoms. The topological polar surface area (TPSA) is 65.0 Å². The quantitative estimate of drug-likeness (QED) is 0.364.